The molecular formula is C12H12N4O. The molecule has 86 valence electrons. The molecule has 0 saturated carbocycles. The lowest BCUT2D eigenvalue weighted by Crippen LogP contribution is -2.14. The molecule has 2 heterocycles. The first-order valence-electron chi connectivity index (χ1n) is 5.11. The van der Waals surface area contributed by atoms with Gasteiger partial charge in [0.2, 0.25) is 0 Å². The summed E-state index contributed by atoms with van der Waals surface area (Å²) in [5, 5.41) is 2.73. The summed E-state index contributed by atoms with van der Waals surface area (Å²) >= 11 is 0. The van der Waals surface area contributed by atoms with Crippen molar-refractivity contribution >= 4 is 17.4 Å². The van der Waals surface area contributed by atoms with Crippen molar-refractivity contribution in [3.8, 4) is 0 Å². The van der Waals surface area contributed by atoms with Gasteiger partial charge in [-0.05, 0) is 31.2 Å². The van der Waals surface area contributed by atoms with Crippen molar-refractivity contribution < 1.29 is 4.79 Å². The summed E-state index contributed by atoms with van der Waals surface area (Å²) in [5.74, 6) is 0.211. The number of aryl methyl sites for hydroxylation is 1. The maximum atomic E-state index is 11.9. The predicted octanol–water partition coefficient (Wildman–Crippen LogP) is 1.62. The zero-order chi connectivity index (χ0) is 12.3. The quantitative estimate of drug-likeness (QED) is 0.818. The summed E-state index contributed by atoms with van der Waals surface area (Å²) in [6.45, 7) is 1.79. The predicted molar refractivity (Wildman–Crippen MR) is 65.6 cm³/mol. The van der Waals surface area contributed by atoms with Crippen LogP contribution in [0, 0.1) is 6.92 Å². The molecule has 2 rings (SSSR count). The van der Waals surface area contributed by atoms with Crippen molar-refractivity contribution in [1.82, 2.24) is 9.97 Å². The van der Waals surface area contributed by atoms with Gasteiger partial charge in [0.05, 0.1) is 17.4 Å². The number of nitrogen functional groups attached to an aromatic ring is 1. The Hall–Kier alpha value is -2.43. The largest absolute Gasteiger partial charge is 0.384 e. The molecule has 1 amide bonds. The van der Waals surface area contributed by atoms with Gasteiger partial charge in [-0.25, -0.2) is 4.98 Å². The molecule has 0 aliphatic heterocycles. The van der Waals surface area contributed by atoms with Gasteiger partial charge >= 0.3 is 0 Å². The van der Waals surface area contributed by atoms with Crippen LogP contribution in [0.4, 0.5) is 11.5 Å². The van der Waals surface area contributed by atoms with E-state index in [-0.39, 0.29) is 5.91 Å². The Balaban J connectivity index is 2.17. The van der Waals surface area contributed by atoms with Crippen LogP contribution in [0.3, 0.4) is 0 Å². The molecule has 0 aliphatic rings. The fourth-order valence-corrected chi connectivity index (χ4v) is 1.40. The van der Waals surface area contributed by atoms with Gasteiger partial charge in [0.25, 0.3) is 5.91 Å². The highest BCUT2D eigenvalue weighted by Crippen LogP contribution is 2.10. The zero-order valence-electron chi connectivity index (χ0n) is 9.34. The number of hydrogen-bond donors (Lipinski definition) is 2. The van der Waals surface area contributed by atoms with Crippen LogP contribution in [-0.2, 0) is 0 Å². The number of nitrogens with zero attached hydrogens (tertiary/aromatic N) is 2. The maximum absolute atomic E-state index is 11.9. The summed E-state index contributed by atoms with van der Waals surface area (Å²) in [6.07, 6.45) is 3.16. The second-order valence-electron chi connectivity index (χ2n) is 3.56. The van der Waals surface area contributed by atoms with E-state index in [9.17, 15) is 4.79 Å². The second kappa shape index (κ2) is 4.61. The van der Waals surface area contributed by atoms with Gasteiger partial charge < -0.3 is 11.1 Å². The Morgan fingerprint density at radius 1 is 1.29 bits per heavy atom. The van der Waals surface area contributed by atoms with E-state index in [4.69, 9.17) is 5.73 Å². The van der Waals surface area contributed by atoms with Crippen molar-refractivity contribution in [3.63, 3.8) is 0 Å². The van der Waals surface area contributed by atoms with Gasteiger partial charge in [-0.2, -0.15) is 0 Å². The van der Waals surface area contributed by atoms with Gasteiger partial charge in [0.1, 0.15) is 5.82 Å². The van der Waals surface area contributed by atoms with Gasteiger partial charge in [0, 0.05) is 11.9 Å². The lowest BCUT2D eigenvalue weighted by molar-refractivity contribution is 0.102. The average molecular weight is 228 g/mol. The summed E-state index contributed by atoms with van der Waals surface area (Å²) < 4.78 is 0. The number of pyridine rings is 2. The van der Waals surface area contributed by atoms with Crippen molar-refractivity contribution in [2.24, 2.45) is 0 Å². The molecule has 5 nitrogen and oxygen atoms in total. The smallest absolute Gasteiger partial charge is 0.257 e. The fraction of sp³-hybridized carbons (Fsp3) is 0.0833. The van der Waals surface area contributed by atoms with Crippen molar-refractivity contribution in [2.45, 2.75) is 6.92 Å². The molecule has 5 heteroatoms. The molecule has 0 spiro atoms. The monoisotopic (exact) mass is 228 g/mol. The van der Waals surface area contributed by atoms with Gasteiger partial charge in [-0.3, -0.25) is 9.78 Å². The van der Waals surface area contributed by atoms with E-state index in [2.05, 4.69) is 15.3 Å². The molecular weight excluding hydrogens is 216 g/mol. The SMILES string of the molecule is Cc1ncccc1C(=O)Nc1ccc(N)nc1. The summed E-state index contributed by atoms with van der Waals surface area (Å²) in [4.78, 5) is 19.9. The van der Waals surface area contributed by atoms with E-state index >= 15 is 0 Å². The first-order chi connectivity index (χ1) is 8.16. The molecule has 2 aromatic rings. The Kier molecular flexibility index (Phi) is 3.00. The molecule has 0 unspecified atom stereocenters. The number of amides is 1. The van der Waals surface area contributed by atoms with E-state index in [0.29, 0.717) is 22.8 Å². The number of rotatable bonds is 2. The summed E-state index contributed by atoms with van der Waals surface area (Å²) in [6, 6.07) is 6.78. The van der Waals surface area contributed by atoms with Gasteiger partial charge in [-0.1, -0.05) is 0 Å². The van der Waals surface area contributed by atoms with E-state index in [0.717, 1.165) is 0 Å². The third-order valence-corrected chi connectivity index (χ3v) is 2.30. The van der Waals surface area contributed by atoms with Gasteiger partial charge in [-0.15, -0.1) is 0 Å². The first-order valence-corrected chi connectivity index (χ1v) is 5.11. The van der Waals surface area contributed by atoms with Crippen molar-refractivity contribution in [3.05, 3.63) is 47.9 Å². The summed E-state index contributed by atoms with van der Waals surface area (Å²) in [5.41, 5.74) is 7.30. The van der Waals surface area contributed by atoms with E-state index < -0.39 is 0 Å². The van der Waals surface area contributed by atoms with Crippen LogP contribution >= 0.6 is 0 Å². The van der Waals surface area contributed by atoms with Crippen molar-refractivity contribution in [2.75, 3.05) is 11.1 Å². The molecule has 0 bridgehead atoms. The zero-order valence-corrected chi connectivity index (χ0v) is 9.34. The number of aromatic nitrogens is 2. The Bertz CT molecular complexity index is 536. The minimum Gasteiger partial charge on any atom is -0.384 e. The topological polar surface area (TPSA) is 80.9 Å². The van der Waals surface area contributed by atoms with Crippen LogP contribution < -0.4 is 11.1 Å². The first kappa shape index (κ1) is 11.1. The average Bonchev–Trinajstić information content (AvgIpc) is 2.32. The highest BCUT2D eigenvalue weighted by molar-refractivity contribution is 6.04. The minimum atomic E-state index is -0.206. The third-order valence-electron chi connectivity index (χ3n) is 2.30. The van der Waals surface area contributed by atoms with Crippen molar-refractivity contribution in [1.29, 1.82) is 0 Å². The lowest BCUT2D eigenvalue weighted by Gasteiger charge is -2.06. The summed E-state index contributed by atoms with van der Waals surface area (Å²) in [7, 11) is 0. The van der Waals surface area contributed by atoms with Crippen LogP contribution in [0.15, 0.2) is 36.7 Å². The number of nitrogens with one attached hydrogen (secondary N) is 1. The van der Waals surface area contributed by atoms with Crippen LogP contribution in [0.5, 0.6) is 0 Å². The third kappa shape index (κ3) is 2.57. The molecule has 0 fully saturated rings. The molecule has 2 aromatic heterocycles. The highest BCUT2D eigenvalue weighted by atomic mass is 16.1. The second-order valence-corrected chi connectivity index (χ2v) is 3.56. The molecule has 17 heavy (non-hydrogen) atoms. The lowest BCUT2D eigenvalue weighted by atomic mass is 10.2. The van der Waals surface area contributed by atoms with E-state index in [1.165, 1.54) is 6.20 Å². The number of nitrogens with two attached hydrogens (primary N) is 1. The number of carbonyl (C=O) groups is 1. The van der Waals surface area contributed by atoms with Gasteiger partial charge in [0.15, 0.2) is 0 Å². The fourth-order valence-electron chi connectivity index (χ4n) is 1.40. The van der Waals surface area contributed by atoms with Crippen LogP contribution in [0.25, 0.3) is 0 Å². The van der Waals surface area contributed by atoms with E-state index in [1.807, 2.05) is 0 Å². The molecule has 0 atom stereocenters. The number of carbonyl (C=O) groups excluding carboxylic acids is 1. The van der Waals surface area contributed by atoms with Crippen LogP contribution in [-0.4, -0.2) is 15.9 Å². The number of anilines is 2. The Morgan fingerprint density at radius 3 is 2.76 bits per heavy atom. The number of hydrogen-bond acceptors (Lipinski definition) is 4. The molecule has 0 aromatic carbocycles. The van der Waals surface area contributed by atoms with Crippen LogP contribution in [0.2, 0.25) is 0 Å². The standard InChI is InChI=1S/C12H12N4O/c1-8-10(3-2-6-14-8)12(17)16-9-4-5-11(13)15-7-9/h2-7H,1H3,(H2,13,15)(H,16,17). The highest BCUT2D eigenvalue weighted by Gasteiger charge is 2.09. The normalized spacial score (nSPS) is 9.94. The molecule has 0 saturated heterocycles. The van der Waals surface area contributed by atoms with E-state index in [1.54, 1.807) is 37.4 Å². The maximum Gasteiger partial charge on any atom is 0.257 e. The molecule has 0 aliphatic carbocycles. The minimum absolute atomic E-state index is 0.206. The molecule has 0 radical (unpaired) electrons. The Labute approximate surface area is 98.7 Å². The Morgan fingerprint density at radius 2 is 2.12 bits per heavy atom. The molecule has 3 N–H and O–H groups in total. The van der Waals surface area contributed by atoms with Crippen LogP contribution in [0.1, 0.15) is 16.1 Å².